The lowest BCUT2D eigenvalue weighted by Gasteiger charge is -2.27. The van der Waals surface area contributed by atoms with Crippen LogP contribution in [-0.2, 0) is 11.8 Å². The molecule has 1 N–H and O–H groups in total. The molecule has 0 saturated carbocycles. The molecule has 2 rings (SSSR count). The van der Waals surface area contributed by atoms with Gasteiger partial charge in [-0.25, -0.2) is 4.39 Å². The molecule has 0 fully saturated rings. The highest BCUT2D eigenvalue weighted by Gasteiger charge is 2.21. The van der Waals surface area contributed by atoms with Gasteiger partial charge in [0.25, 0.3) is 0 Å². The quantitative estimate of drug-likeness (QED) is 0.864. The fourth-order valence-corrected chi connectivity index (χ4v) is 2.75. The lowest BCUT2D eigenvalue weighted by molar-refractivity contribution is 0.537. The first kappa shape index (κ1) is 15.7. The third-order valence-corrected chi connectivity index (χ3v) is 3.82. The van der Waals surface area contributed by atoms with Gasteiger partial charge in [-0.2, -0.15) is 0 Å². The van der Waals surface area contributed by atoms with E-state index in [2.05, 4.69) is 50.4 Å². The minimum Gasteiger partial charge on any atom is -0.313 e. The summed E-state index contributed by atoms with van der Waals surface area (Å²) in [6.07, 6.45) is 0.779. The molecule has 0 amide bonds. The molecular weight excluding hydrogens is 261 g/mol. The molecule has 1 unspecified atom stereocenters. The molecule has 0 heterocycles. The van der Waals surface area contributed by atoms with Crippen molar-refractivity contribution in [3.05, 3.63) is 71.0 Å². The molecule has 21 heavy (non-hydrogen) atoms. The minimum absolute atomic E-state index is 0.0909. The normalized spacial score (nSPS) is 13.2. The third kappa shape index (κ3) is 3.92. The number of benzene rings is 2. The van der Waals surface area contributed by atoms with Gasteiger partial charge < -0.3 is 5.32 Å². The first-order valence-corrected chi connectivity index (χ1v) is 7.43. The summed E-state index contributed by atoms with van der Waals surface area (Å²) in [5.74, 6) is -0.175. The second-order valence-corrected chi connectivity index (χ2v) is 6.51. The van der Waals surface area contributed by atoms with Gasteiger partial charge in [-0.3, -0.25) is 0 Å². The second-order valence-electron chi connectivity index (χ2n) is 6.51. The highest BCUT2D eigenvalue weighted by atomic mass is 19.1. The Balaban J connectivity index is 2.34. The number of hydrogen-bond acceptors (Lipinski definition) is 1. The molecule has 1 nitrogen and oxygen atoms in total. The van der Waals surface area contributed by atoms with Gasteiger partial charge in [-0.05, 0) is 47.7 Å². The van der Waals surface area contributed by atoms with Gasteiger partial charge in [0.05, 0.1) is 0 Å². The summed E-state index contributed by atoms with van der Waals surface area (Å²) in [5.41, 5.74) is 3.73. The van der Waals surface area contributed by atoms with Crippen LogP contribution < -0.4 is 5.32 Å². The van der Waals surface area contributed by atoms with Gasteiger partial charge >= 0.3 is 0 Å². The summed E-state index contributed by atoms with van der Waals surface area (Å²) in [7, 11) is 1.96. The molecular formula is C19H24FN. The molecule has 2 aromatic rings. The second kappa shape index (κ2) is 6.40. The highest BCUT2D eigenvalue weighted by molar-refractivity contribution is 5.36. The van der Waals surface area contributed by atoms with Gasteiger partial charge in [-0.15, -0.1) is 0 Å². The van der Waals surface area contributed by atoms with Crippen molar-refractivity contribution in [3.8, 4) is 0 Å². The average molecular weight is 285 g/mol. The number of halogens is 1. The Kier molecular flexibility index (Phi) is 4.79. The molecule has 0 aliphatic rings. The Morgan fingerprint density at radius 1 is 1.05 bits per heavy atom. The van der Waals surface area contributed by atoms with Crippen molar-refractivity contribution in [3.63, 3.8) is 0 Å². The summed E-state index contributed by atoms with van der Waals surface area (Å²) in [5, 5.41) is 3.38. The Bertz CT molecular complexity index is 599. The average Bonchev–Trinajstić information content (AvgIpc) is 2.44. The van der Waals surface area contributed by atoms with Crippen LogP contribution in [0.15, 0.2) is 48.5 Å². The maximum Gasteiger partial charge on any atom is 0.123 e. The van der Waals surface area contributed by atoms with E-state index in [-0.39, 0.29) is 17.3 Å². The summed E-state index contributed by atoms with van der Waals surface area (Å²) in [6.45, 7) is 6.67. The fourth-order valence-electron chi connectivity index (χ4n) is 2.75. The van der Waals surface area contributed by atoms with E-state index in [0.717, 1.165) is 12.0 Å². The van der Waals surface area contributed by atoms with Gasteiger partial charge in [0.1, 0.15) is 5.82 Å². The number of nitrogens with one attached hydrogen (secondary N) is 1. The molecule has 2 aromatic carbocycles. The summed E-state index contributed by atoms with van der Waals surface area (Å²) >= 11 is 0. The van der Waals surface area contributed by atoms with E-state index in [4.69, 9.17) is 0 Å². The number of hydrogen-bond donors (Lipinski definition) is 1. The van der Waals surface area contributed by atoms with Crippen LogP contribution in [0.5, 0.6) is 0 Å². The van der Waals surface area contributed by atoms with Crippen LogP contribution in [0.1, 0.15) is 43.5 Å². The lowest BCUT2D eigenvalue weighted by atomic mass is 9.81. The Hall–Kier alpha value is -1.67. The van der Waals surface area contributed by atoms with E-state index in [9.17, 15) is 4.39 Å². The minimum atomic E-state index is -0.175. The Labute approximate surface area is 127 Å². The maximum absolute atomic E-state index is 13.4. The number of rotatable bonds is 4. The van der Waals surface area contributed by atoms with Crippen LogP contribution in [0, 0.1) is 5.82 Å². The molecule has 0 radical (unpaired) electrons. The highest BCUT2D eigenvalue weighted by Crippen LogP contribution is 2.31. The van der Waals surface area contributed by atoms with Crippen LogP contribution >= 0.6 is 0 Å². The van der Waals surface area contributed by atoms with Gasteiger partial charge in [-0.1, -0.05) is 57.2 Å². The predicted molar refractivity (Wildman–Crippen MR) is 87.0 cm³/mol. The SMILES string of the molecule is CNC(Cc1cccc(F)c1)c1ccccc1C(C)(C)C. The zero-order chi connectivity index (χ0) is 15.5. The molecule has 0 aromatic heterocycles. The van der Waals surface area contributed by atoms with Crippen LogP contribution in [0.4, 0.5) is 4.39 Å². The molecule has 1 atom stereocenters. The van der Waals surface area contributed by atoms with E-state index < -0.39 is 0 Å². The summed E-state index contributed by atoms with van der Waals surface area (Å²) in [4.78, 5) is 0. The molecule has 0 aliphatic carbocycles. The van der Waals surface area contributed by atoms with Gasteiger partial charge in [0, 0.05) is 6.04 Å². The van der Waals surface area contributed by atoms with E-state index in [1.165, 1.54) is 17.2 Å². The molecule has 112 valence electrons. The third-order valence-electron chi connectivity index (χ3n) is 3.82. The van der Waals surface area contributed by atoms with Gasteiger partial charge in [0.15, 0.2) is 0 Å². The first-order chi connectivity index (χ1) is 9.91. The first-order valence-electron chi connectivity index (χ1n) is 7.43. The van der Waals surface area contributed by atoms with Gasteiger partial charge in [0.2, 0.25) is 0 Å². The smallest absolute Gasteiger partial charge is 0.123 e. The van der Waals surface area contributed by atoms with E-state index in [0.29, 0.717) is 0 Å². The van der Waals surface area contributed by atoms with Crippen LogP contribution in [0.25, 0.3) is 0 Å². The lowest BCUT2D eigenvalue weighted by Crippen LogP contribution is -2.24. The topological polar surface area (TPSA) is 12.0 Å². The van der Waals surface area contributed by atoms with Crippen LogP contribution in [0.3, 0.4) is 0 Å². The largest absolute Gasteiger partial charge is 0.313 e. The fraction of sp³-hybridized carbons (Fsp3) is 0.368. The van der Waals surface area contributed by atoms with E-state index in [1.807, 2.05) is 13.1 Å². The zero-order valence-electron chi connectivity index (χ0n) is 13.3. The Morgan fingerprint density at radius 2 is 1.76 bits per heavy atom. The van der Waals surface area contributed by atoms with Crippen molar-refractivity contribution in [2.75, 3.05) is 7.05 Å². The monoisotopic (exact) mass is 285 g/mol. The van der Waals surface area contributed by atoms with Crippen molar-refractivity contribution in [1.82, 2.24) is 5.32 Å². The molecule has 0 saturated heterocycles. The molecule has 2 heteroatoms. The molecule has 0 bridgehead atoms. The summed E-state index contributed by atoms with van der Waals surface area (Å²) in [6, 6.07) is 15.5. The Morgan fingerprint density at radius 3 is 2.38 bits per heavy atom. The van der Waals surface area contributed by atoms with Crippen LogP contribution in [-0.4, -0.2) is 7.05 Å². The van der Waals surface area contributed by atoms with Crippen LogP contribution in [0.2, 0.25) is 0 Å². The van der Waals surface area contributed by atoms with Crippen molar-refractivity contribution in [2.24, 2.45) is 0 Å². The van der Waals surface area contributed by atoms with E-state index in [1.54, 1.807) is 12.1 Å². The molecule has 0 spiro atoms. The van der Waals surface area contributed by atoms with Crippen molar-refractivity contribution < 1.29 is 4.39 Å². The molecule has 0 aliphatic heterocycles. The van der Waals surface area contributed by atoms with Crippen molar-refractivity contribution in [2.45, 2.75) is 38.6 Å². The van der Waals surface area contributed by atoms with E-state index >= 15 is 0 Å². The van der Waals surface area contributed by atoms with Crippen molar-refractivity contribution in [1.29, 1.82) is 0 Å². The number of likely N-dealkylation sites (N-methyl/N-ethyl adjacent to an activating group) is 1. The summed E-state index contributed by atoms with van der Waals surface area (Å²) < 4.78 is 13.4. The predicted octanol–water partition coefficient (Wildman–Crippen LogP) is 4.63. The maximum atomic E-state index is 13.4. The zero-order valence-corrected chi connectivity index (χ0v) is 13.3. The van der Waals surface area contributed by atoms with Crippen molar-refractivity contribution >= 4 is 0 Å². The standard InChI is InChI=1S/C19H24FN/c1-19(2,3)17-11-6-5-10-16(17)18(21-4)13-14-8-7-9-15(20)12-14/h5-12,18,21H,13H2,1-4H3.